The fourth-order valence-electron chi connectivity index (χ4n) is 2.89. The van der Waals surface area contributed by atoms with E-state index in [2.05, 4.69) is 5.32 Å². The number of carbonyl (C=O) groups excluding carboxylic acids is 1. The van der Waals surface area contributed by atoms with Crippen molar-refractivity contribution in [3.63, 3.8) is 0 Å². The third-order valence-electron chi connectivity index (χ3n) is 4.37. The Morgan fingerprint density at radius 3 is 2.41 bits per heavy atom. The maximum Gasteiger partial charge on any atom is 0.422 e. The van der Waals surface area contributed by atoms with E-state index >= 15 is 0 Å². The number of aryl methyl sites for hydroxylation is 2. The number of carbonyl (C=O) groups is 1. The maximum atomic E-state index is 13.9. The van der Waals surface area contributed by atoms with E-state index in [0.29, 0.717) is 16.9 Å². The molecule has 0 spiro atoms. The maximum absolute atomic E-state index is 13.9. The Balaban J connectivity index is 1.92. The smallest absolute Gasteiger partial charge is 0.422 e. The number of amides is 1. The molecule has 0 aliphatic heterocycles. The first-order valence-electron chi connectivity index (χ1n) is 9.01. The lowest BCUT2D eigenvalue weighted by Gasteiger charge is -2.18. The SMILES string of the molecule is COc1ccc(CCC(=O)NC(C)c2ccc(OCC(F)(F)F)cc2C)c(F)c1. The van der Waals surface area contributed by atoms with Gasteiger partial charge in [-0.1, -0.05) is 12.1 Å². The van der Waals surface area contributed by atoms with Crippen molar-refractivity contribution in [2.75, 3.05) is 13.7 Å². The third kappa shape index (κ3) is 6.96. The zero-order chi connectivity index (χ0) is 21.6. The summed E-state index contributed by atoms with van der Waals surface area (Å²) in [7, 11) is 1.44. The van der Waals surface area contributed by atoms with Crippen molar-refractivity contribution in [3.8, 4) is 11.5 Å². The molecule has 1 N–H and O–H groups in total. The molecule has 1 atom stereocenters. The van der Waals surface area contributed by atoms with Crippen LogP contribution in [0, 0.1) is 12.7 Å². The quantitative estimate of drug-likeness (QED) is 0.627. The van der Waals surface area contributed by atoms with Gasteiger partial charge in [-0.25, -0.2) is 4.39 Å². The second-order valence-electron chi connectivity index (χ2n) is 6.67. The Bertz CT molecular complexity index is 852. The molecule has 0 bridgehead atoms. The van der Waals surface area contributed by atoms with Gasteiger partial charge in [-0.2, -0.15) is 13.2 Å². The fraction of sp³-hybridized carbons (Fsp3) is 0.381. The molecule has 1 unspecified atom stereocenters. The van der Waals surface area contributed by atoms with Gasteiger partial charge in [0.2, 0.25) is 5.91 Å². The highest BCUT2D eigenvalue weighted by Gasteiger charge is 2.28. The van der Waals surface area contributed by atoms with Crippen molar-refractivity contribution in [1.29, 1.82) is 0 Å². The van der Waals surface area contributed by atoms with Crippen molar-refractivity contribution in [3.05, 3.63) is 58.9 Å². The molecule has 2 aromatic carbocycles. The zero-order valence-corrected chi connectivity index (χ0v) is 16.4. The molecule has 0 aromatic heterocycles. The summed E-state index contributed by atoms with van der Waals surface area (Å²) in [6, 6.07) is 8.66. The first-order chi connectivity index (χ1) is 13.6. The van der Waals surface area contributed by atoms with Gasteiger partial charge in [0.1, 0.15) is 17.3 Å². The number of benzene rings is 2. The van der Waals surface area contributed by atoms with E-state index in [-0.39, 0.29) is 30.5 Å². The minimum atomic E-state index is -4.41. The summed E-state index contributed by atoms with van der Waals surface area (Å²) in [4.78, 5) is 12.2. The van der Waals surface area contributed by atoms with Crippen LogP contribution in [0.3, 0.4) is 0 Å². The average Bonchev–Trinajstić information content (AvgIpc) is 2.64. The normalized spacial score (nSPS) is 12.4. The van der Waals surface area contributed by atoms with Crippen LogP contribution in [0.1, 0.15) is 36.1 Å². The number of hydrogen-bond donors (Lipinski definition) is 1. The van der Waals surface area contributed by atoms with Gasteiger partial charge in [-0.3, -0.25) is 4.79 Å². The molecule has 2 aromatic rings. The highest BCUT2D eigenvalue weighted by atomic mass is 19.4. The van der Waals surface area contributed by atoms with Gasteiger partial charge in [0.05, 0.1) is 13.2 Å². The largest absolute Gasteiger partial charge is 0.497 e. The van der Waals surface area contributed by atoms with Gasteiger partial charge in [-0.05, 0) is 55.2 Å². The number of nitrogens with one attached hydrogen (secondary N) is 1. The first-order valence-corrected chi connectivity index (χ1v) is 9.01. The van der Waals surface area contributed by atoms with E-state index in [1.807, 2.05) is 0 Å². The minimum Gasteiger partial charge on any atom is -0.497 e. The van der Waals surface area contributed by atoms with Gasteiger partial charge >= 0.3 is 6.18 Å². The highest BCUT2D eigenvalue weighted by molar-refractivity contribution is 5.76. The van der Waals surface area contributed by atoms with E-state index in [4.69, 9.17) is 9.47 Å². The Hall–Kier alpha value is -2.77. The van der Waals surface area contributed by atoms with Crippen LogP contribution in [0.25, 0.3) is 0 Å². The molecule has 0 aliphatic carbocycles. The van der Waals surface area contributed by atoms with Crippen molar-refractivity contribution < 1.29 is 31.8 Å². The molecule has 29 heavy (non-hydrogen) atoms. The van der Waals surface area contributed by atoms with E-state index in [1.54, 1.807) is 32.0 Å². The second kappa shape index (κ2) is 9.62. The predicted molar refractivity (Wildman–Crippen MR) is 101 cm³/mol. The molecule has 0 saturated heterocycles. The molecule has 0 fully saturated rings. The van der Waals surface area contributed by atoms with Crippen molar-refractivity contribution in [1.82, 2.24) is 5.32 Å². The molecule has 2 rings (SSSR count). The monoisotopic (exact) mass is 413 g/mol. The highest BCUT2D eigenvalue weighted by Crippen LogP contribution is 2.25. The number of hydrogen-bond acceptors (Lipinski definition) is 3. The summed E-state index contributed by atoms with van der Waals surface area (Å²) in [6.07, 6.45) is -4.08. The Morgan fingerprint density at radius 2 is 1.83 bits per heavy atom. The zero-order valence-electron chi connectivity index (χ0n) is 16.4. The van der Waals surface area contributed by atoms with E-state index < -0.39 is 18.6 Å². The molecule has 0 radical (unpaired) electrons. The molecule has 4 nitrogen and oxygen atoms in total. The standard InChI is InChI=1S/C21H23F4NO3/c1-13-10-17(29-12-21(23,24)25)7-8-18(13)14(2)26-20(27)9-5-15-4-6-16(28-3)11-19(15)22/h4,6-8,10-11,14H,5,9,12H2,1-3H3,(H,26,27). The Morgan fingerprint density at radius 1 is 1.14 bits per heavy atom. The summed E-state index contributed by atoms with van der Waals surface area (Å²) >= 11 is 0. The Kier molecular flexibility index (Phi) is 7.47. The molecule has 8 heteroatoms. The summed E-state index contributed by atoms with van der Waals surface area (Å²) in [5.74, 6) is -0.181. The summed E-state index contributed by atoms with van der Waals surface area (Å²) in [6.45, 7) is 2.13. The number of alkyl halides is 3. The summed E-state index contributed by atoms with van der Waals surface area (Å²) in [5.41, 5.74) is 1.86. The van der Waals surface area contributed by atoms with Crippen LogP contribution < -0.4 is 14.8 Å². The molecule has 0 saturated carbocycles. The van der Waals surface area contributed by atoms with Crippen molar-refractivity contribution in [2.24, 2.45) is 0 Å². The average molecular weight is 413 g/mol. The van der Waals surface area contributed by atoms with Gasteiger partial charge in [0, 0.05) is 12.5 Å². The van der Waals surface area contributed by atoms with Crippen molar-refractivity contribution >= 4 is 5.91 Å². The molecular weight excluding hydrogens is 390 g/mol. The van der Waals surface area contributed by atoms with E-state index in [1.165, 1.54) is 25.3 Å². The fourth-order valence-corrected chi connectivity index (χ4v) is 2.89. The molecule has 158 valence electrons. The molecule has 0 aliphatic rings. The van der Waals surface area contributed by atoms with E-state index in [0.717, 1.165) is 5.56 Å². The van der Waals surface area contributed by atoms with Crippen LogP contribution in [-0.2, 0) is 11.2 Å². The van der Waals surface area contributed by atoms with Gasteiger partial charge in [-0.15, -0.1) is 0 Å². The molecule has 0 heterocycles. The molecular formula is C21H23F4NO3. The van der Waals surface area contributed by atoms with Crippen molar-refractivity contribution in [2.45, 2.75) is 38.9 Å². The number of halogens is 4. The van der Waals surface area contributed by atoms with Crippen LogP contribution in [-0.4, -0.2) is 25.8 Å². The predicted octanol–water partition coefficient (Wildman–Crippen LogP) is 4.89. The number of methoxy groups -OCH3 is 1. The van der Waals surface area contributed by atoms with Gasteiger partial charge in [0.25, 0.3) is 0 Å². The van der Waals surface area contributed by atoms with Crippen LogP contribution >= 0.6 is 0 Å². The Labute approximate surface area is 166 Å². The topological polar surface area (TPSA) is 47.6 Å². The van der Waals surface area contributed by atoms with Crippen LogP contribution in [0.2, 0.25) is 0 Å². The van der Waals surface area contributed by atoms with Crippen LogP contribution in [0.15, 0.2) is 36.4 Å². The number of ether oxygens (including phenoxy) is 2. The summed E-state index contributed by atoms with van der Waals surface area (Å²) < 4.78 is 60.4. The lowest BCUT2D eigenvalue weighted by molar-refractivity contribution is -0.153. The third-order valence-corrected chi connectivity index (χ3v) is 4.37. The second-order valence-corrected chi connectivity index (χ2v) is 6.67. The number of rotatable bonds is 8. The van der Waals surface area contributed by atoms with Crippen LogP contribution in [0.5, 0.6) is 11.5 Å². The first kappa shape index (κ1) is 22.5. The lowest BCUT2D eigenvalue weighted by atomic mass is 10.0. The van der Waals surface area contributed by atoms with Gasteiger partial charge in [0.15, 0.2) is 6.61 Å². The lowest BCUT2D eigenvalue weighted by Crippen LogP contribution is -2.27. The minimum absolute atomic E-state index is 0.0966. The molecule has 1 amide bonds. The van der Waals surface area contributed by atoms with Crippen LogP contribution in [0.4, 0.5) is 17.6 Å². The summed E-state index contributed by atoms with van der Waals surface area (Å²) in [5, 5.41) is 2.82. The van der Waals surface area contributed by atoms with Gasteiger partial charge < -0.3 is 14.8 Å². The van der Waals surface area contributed by atoms with E-state index in [9.17, 15) is 22.4 Å².